The summed E-state index contributed by atoms with van der Waals surface area (Å²) in [7, 11) is 0. The lowest BCUT2D eigenvalue weighted by Crippen LogP contribution is -2.62. The van der Waals surface area contributed by atoms with Gasteiger partial charge in [-0.3, -0.25) is 0 Å². The topological polar surface area (TPSA) is 57.2 Å². The molecule has 0 aromatic heterocycles. The predicted molar refractivity (Wildman–Crippen MR) is 62.9 cm³/mol. The highest BCUT2D eigenvalue weighted by atomic mass is 16.8. The Morgan fingerprint density at radius 1 is 1.17 bits per heavy atom. The number of ether oxygens (including phenoxy) is 4. The summed E-state index contributed by atoms with van der Waals surface area (Å²) in [5.41, 5.74) is 0. The van der Waals surface area contributed by atoms with Crippen molar-refractivity contribution in [1.82, 2.24) is 0 Å². The fourth-order valence-corrected chi connectivity index (χ4v) is 3.15. The largest absolute Gasteiger partial charge is 0.390 e. The monoisotopic (exact) mass is 258 g/mol. The van der Waals surface area contributed by atoms with E-state index in [4.69, 9.17) is 18.9 Å². The van der Waals surface area contributed by atoms with Gasteiger partial charge in [0.25, 0.3) is 0 Å². The minimum Gasteiger partial charge on any atom is -0.390 e. The summed E-state index contributed by atoms with van der Waals surface area (Å²) < 4.78 is 23.3. The van der Waals surface area contributed by atoms with E-state index >= 15 is 0 Å². The average molecular weight is 258 g/mol. The Labute approximate surface area is 107 Å². The van der Waals surface area contributed by atoms with E-state index in [1.165, 1.54) is 0 Å². The summed E-state index contributed by atoms with van der Waals surface area (Å²) in [6.45, 7) is 6.19. The van der Waals surface area contributed by atoms with Crippen molar-refractivity contribution >= 4 is 0 Å². The van der Waals surface area contributed by atoms with E-state index < -0.39 is 17.7 Å². The molecule has 0 aromatic carbocycles. The lowest BCUT2D eigenvalue weighted by atomic mass is 9.93. The molecular weight excluding hydrogens is 236 g/mol. The van der Waals surface area contributed by atoms with Gasteiger partial charge in [-0.2, -0.15) is 0 Å². The van der Waals surface area contributed by atoms with Gasteiger partial charge in [0.2, 0.25) is 0 Å². The molecule has 0 amide bonds. The van der Waals surface area contributed by atoms with Crippen molar-refractivity contribution in [2.45, 2.75) is 76.0 Å². The second kappa shape index (κ2) is 4.15. The van der Waals surface area contributed by atoms with Gasteiger partial charge in [0.1, 0.15) is 12.2 Å². The van der Waals surface area contributed by atoms with Crippen LogP contribution in [0, 0.1) is 0 Å². The first-order valence-corrected chi connectivity index (χ1v) is 6.75. The SMILES string of the molecule is C[C@H]1CC[C@]2(C[C@@H](O)C3OC(C)(C)OCC3O2)O1. The molecule has 5 nitrogen and oxygen atoms in total. The van der Waals surface area contributed by atoms with Crippen LogP contribution in [0.1, 0.15) is 40.0 Å². The first-order valence-electron chi connectivity index (χ1n) is 6.75. The molecule has 1 N–H and O–H groups in total. The first kappa shape index (κ1) is 12.8. The van der Waals surface area contributed by atoms with Gasteiger partial charge in [-0.05, 0) is 27.2 Å². The van der Waals surface area contributed by atoms with E-state index in [0.717, 1.165) is 12.8 Å². The van der Waals surface area contributed by atoms with Crippen LogP contribution in [0.2, 0.25) is 0 Å². The molecule has 0 radical (unpaired) electrons. The van der Waals surface area contributed by atoms with Gasteiger partial charge in [0.05, 0.1) is 18.8 Å². The fourth-order valence-electron chi connectivity index (χ4n) is 3.15. The Bertz CT molecular complexity index is 331. The summed E-state index contributed by atoms with van der Waals surface area (Å²) >= 11 is 0. The molecule has 0 aromatic rings. The Hall–Kier alpha value is -0.200. The molecule has 3 aliphatic heterocycles. The number of fused-ring (bicyclic) bond motifs is 1. The summed E-state index contributed by atoms with van der Waals surface area (Å²) in [5, 5.41) is 10.3. The molecule has 3 rings (SSSR count). The molecule has 0 saturated carbocycles. The molecular formula is C13H22O5. The molecule has 104 valence electrons. The second-order valence-electron chi connectivity index (χ2n) is 6.10. The van der Waals surface area contributed by atoms with Crippen molar-refractivity contribution < 1.29 is 24.1 Å². The van der Waals surface area contributed by atoms with Crippen molar-refractivity contribution in [2.24, 2.45) is 0 Å². The summed E-state index contributed by atoms with van der Waals surface area (Å²) in [6, 6.07) is 0. The van der Waals surface area contributed by atoms with Crippen LogP contribution in [-0.4, -0.2) is 47.7 Å². The van der Waals surface area contributed by atoms with E-state index in [-0.39, 0.29) is 18.3 Å². The lowest BCUT2D eigenvalue weighted by Gasteiger charge is -2.50. The van der Waals surface area contributed by atoms with Crippen LogP contribution in [-0.2, 0) is 18.9 Å². The van der Waals surface area contributed by atoms with Gasteiger partial charge in [0, 0.05) is 12.8 Å². The zero-order valence-electron chi connectivity index (χ0n) is 11.2. The zero-order valence-corrected chi connectivity index (χ0v) is 11.2. The van der Waals surface area contributed by atoms with Crippen molar-refractivity contribution in [3.8, 4) is 0 Å². The minimum absolute atomic E-state index is 0.190. The van der Waals surface area contributed by atoms with Gasteiger partial charge in [-0.1, -0.05) is 0 Å². The van der Waals surface area contributed by atoms with Gasteiger partial charge >= 0.3 is 0 Å². The van der Waals surface area contributed by atoms with Crippen LogP contribution in [0.25, 0.3) is 0 Å². The van der Waals surface area contributed by atoms with E-state index in [2.05, 4.69) is 0 Å². The summed E-state index contributed by atoms with van der Waals surface area (Å²) in [6.07, 6.45) is 1.35. The standard InChI is InChI=1S/C13H22O5/c1-8-4-5-13(16-8)6-9(14)11-10(17-13)7-15-12(2,3)18-11/h8-11,14H,4-7H2,1-3H3/t8-,9+,10?,11?,13-/m0/s1. The highest BCUT2D eigenvalue weighted by Crippen LogP contribution is 2.43. The predicted octanol–water partition coefficient (Wildman–Crippen LogP) is 1.18. The van der Waals surface area contributed by atoms with Crippen molar-refractivity contribution in [3.05, 3.63) is 0 Å². The Kier molecular flexibility index (Phi) is 2.95. The molecule has 3 fully saturated rings. The van der Waals surface area contributed by atoms with E-state index in [9.17, 15) is 5.11 Å². The molecule has 3 aliphatic rings. The van der Waals surface area contributed by atoms with Crippen molar-refractivity contribution in [2.75, 3.05) is 6.61 Å². The lowest BCUT2D eigenvalue weighted by molar-refractivity contribution is -0.387. The smallest absolute Gasteiger partial charge is 0.171 e. The molecule has 5 atom stereocenters. The van der Waals surface area contributed by atoms with Gasteiger partial charge < -0.3 is 24.1 Å². The van der Waals surface area contributed by atoms with Crippen LogP contribution in [0.3, 0.4) is 0 Å². The van der Waals surface area contributed by atoms with E-state index in [0.29, 0.717) is 13.0 Å². The molecule has 3 saturated heterocycles. The van der Waals surface area contributed by atoms with E-state index in [1.54, 1.807) is 0 Å². The molecule has 1 spiro atoms. The molecule has 2 unspecified atom stereocenters. The second-order valence-corrected chi connectivity index (χ2v) is 6.10. The van der Waals surface area contributed by atoms with Crippen LogP contribution < -0.4 is 0 Å². The molecule has 0 aliphatic carbocycles. The maximum atomic E-state index is 10.3. The van der Waals surface area contributed by atoms with Crippen molar-refractivity contribution in [1.29, 1.82) is 0 Å². The molecule has 18 heavy (non-hydrogen) atoms. The van der Waals surface area contributed by atoms with Gasteiger partial charge in [-0.15, -0.1) is 0 Å². The van der Waals surface area contributed by atoms with Crippen LogP contribution in [0.15, 0.2) is 0 Å². The number of hydrogen-bond acceptors (Lipinski definition) is 5. The average Bonchev–Trinajstić information content (AvgIpc) is 2.61. The normalized spacial score (nSPS) is 51.3. The number of hydrogen-bond donors (Lipinski definition) is 1. The van der Waals surface area contributed by atoms with Crippen LogP contribution >= 0.6 is 0 Å². The maximum absolute atomic E-state index is 10.3. The third-order valence-electron chi connectivity index (χ3n) is 3.99. The Morgan fingerprint density at radius 2 is 1.94 bits per heavy atom. The van der Waals surface area contributed by atoms with Crippen LogP contribution in [0.5, 0.6) is 0 Å². The third kappa shape index (κ3) is 2.18. The van der Waals surface area contributed by atoms with Gasteiger partial charge in [0.15, 0.2) is 11.6 Å². The highest BCUT2D eigenvalue weighted by molar-refractivity contribution is 4.96. The molecule has 3 heterocycles. The number of aliphatic hydroxyl groups excluding tert-OH is 1. The zero-order chi connectivity index (χ0) is 13.0. The quantitative estimate of drug-likeness (QED) is 0.707. The van der Waals surface area contributed by atoms with E-state index in [1.807, 2.05) is 20.8 Å². The minimum atomic E-state index is -0.653. The Balaban J connectivity index is 1.75. The first-order chi connectivity index (χ1) is 8.39. The maximum Gasteiger partial charge on any atom is 0.171 e. The van der Waals surface area contributed by atoms with Crippen LogP contribution in [0.4, 0.5) is 0 Å². The molecule has 0 bridgehead atoms. The summed E-state index contributed by atoms with van der Waals surface area (Å²) in [5.74, 6) is -1.28. The molecule has 5 heteroatoms. The number of aliphatic hydroxyl groups is 1. The Morgan fingerprint density at radius 3 is 2.61 bits per heavy atom. The van der Waals surface area contributed by atoms with Crippen molar-refractivity contribution in [3.63, 3.8) is 0 Å². The summed E-state index contributed by atoms with van der Waals surface area (Å²) in [4.78, 5) is 0. The van der Waals surface area contributed by atoms with Gasteiger partial charge in [-0.25, -0.2) is 0 Å². The fraction of sp³-hybridized carbons (Fsp3) is 1.00. The number of rotatable bonds is 0. The highest BCUT2D eigenvalue weighted by Gasteiger charge is 2.54. The third-order valence-corrected chi connectivity index (χ3v) is 3.99.